The van der Waals surface area contributed by atoms with E-state index in [1.165, 1.54) is 10.7 Å². The van der Waals surface area contributed by atoms with E-state index < -0.39 is 0 Å². The van der Waals surface area contributed by atoms with Crippen molar-refractivity contribution in [2.75, 3.05) is 32.2 Å². The van der Waals surface area contributed by atoms with Gasteiger partial charge in [0.05, 0.1) is 25.8 Å². The minimum Gasteiger partial charge on any atom is -0.489 e. The molecule has 0 saturated carbocycles. The summed E-state index contributed by atoms with van der Waals surface area (Å²) < 4.78 is 6.83. The Labute approximate surface area is 107 Å². The minimum absolute atomic E-state index is 0.119. The second kappa shape index (κ2) is 6.39. The normalized spacial score (nSPS) is 10.8. The van der Waals surface area contributed by atoms with E-state index in [4.69, 9.17) is 9.84 Å². The summed E-state index contributed by atoms with van der Waals surface area (Å²) in [5.74, 6) is 1.44. The number of nitrogens with zero attached hydrogens (tertiary/aromatic N) is 3. The first kappa shape index (κ1) is 14.5. The fourth-order valence-electron chi connectivity index (χ4n) is 1.39. The Balaban J connectivity index is 3.08. The highest BCUT2D eigenvalue weighted by atomic mass is 16.5. The van der Waals surface area contributed by atoms with Crippen LogP contribution in [0.5, 0.6) is 5.75 Å². The van der Waals surface area contributed by atoms with Crippen LogP contribution in [0.2, 0.25) is 0 Å². The third-order valence-corrected chi connectivity index (χ3v) is 2.25. The molecule has 0 unspecified atom stereocenters. The summed E-state index contributed by atoms with van der Waals surface area (Å²) in [6, 6.07) is 1.42. The summed E-state index contributed by atoms with van der Waals surface area (Å²) in [6.45, 7) is 4.67. The molecule has 1 aromatic rings. The van der Waals surface area contributed by atoms with Gasteiger partial charge >= 0.3 is 0 Å². The number of hydrogen-bond donors (Lipinski definition) is 1. The standard InChI is InChI=1S/C12H21N3O3/c1-9(2)8-18-10-7-11(17)15(5-6-16)13-12(10)14(3)4/h7,9,16H,5-6,8H2,1-4H3. The SMILES string of the molecule is CC(C)COc1cc(=O)n(CCO)nc1N(C)C. The Hall–Kier alpha value is -1.56. The monoisotopic (exact) mass is 255 g/mol. The average molecular weight is 255 g/mol. The van der Waals surface area contributed by atoms with Crippen LogP contribution in [0.25, 0.3) is 0 Å². The number of aliphatic hydroxyl groups is 1. The van der Waals surface area contributed by atoms with Gasteiger partial charge in [-0.2, -0.15) is 0 Å². The molecule has 1 heterocycles. The molecule has 0 fully saturated rings. The van der Waals surface area contributed by atoms with Crippen LogP contribution in [0.1, 0.15) is 13.8 Å². The van der Waals surface area contributed by atoms with E-state index >= 15 is 0 Å². The molecule has 0 spiro atoms. The molecular formula is C12H21N3O3. The van der Waals surface area contributed by atoms with E-state index in [0.717, 1.165) is 0 Å². The Kier molecular flexibility index (Phi) is 5.15. The van der Waals surface area contributed by atoms with Crippen molar-refractivity contribution in [3.8, 4) is 5.75 Å². The molecule has 0 aromatic carbocycles. The molecule has 0 bridgehead atoms. The number of aliphatic hydroxyl groups excluding tert-OH is 1. The molecule has 1 rings (SSSR count). The fourth-order valence-corrected chi connectivity index (χ4v) is 1.39. The number of aromatic nitrogens is 2. The van der Waals surface area contributed by atoms with E-state index in [2.05, 4.69) is 5.10 Å². The number of hydrogen-bond acceptors (Lipinski definition) is 5. The lowest BCUT2D eigenvalue weighted by atomic mass is 10.2. The van der Waals surface area contributed by atoms with Gasteiger partial charge in [-0.15, -0.1) is 5.10 Å². The maximum absolute atomic E-state index is 11.7. The summed E-state index contributed by atoms with van der Waals surface area (Å²) in [7, 11) is 3.66. The average Bonchev–Trinajstić information content (AvgIpc) is 2.29. The van der Waals surface area contributed by atoms with E-state index in [1.54, 1.807) is 4.90 Å². The number of ether oxygens (including phenoxy) is 1. The molecule has 102 valence electrons. The zero-order chi connectivity index (χ0) is 13.7. The van der Waals surface area contributed by atoms with Gasteiger partial charge in [-0.1, -0.05) is 13.8 Å². The van der Waals surface area contributed by atoms with Crippen molar-refractivity contribution in [3.63, 3.8) is 0 Å². The molecule has 6 heteroatoms. The summed E-state index contributed by atoms with van der Waals surface area (Å²) in [5.41, 5.74) is -0.270. The van der Waals surface area contributed by atoms with Crippen molar-refractivity contribution in [1.82, 2.24) is 9.78 Å². The molecule has 0 radical (unpaired) electrons. The molecule has 18 heavy (non-hydrogen) atoms. The van der Waals surface area contributed by atoms with Crippen LogP contribution in [0.15, 0.2) is 10.9 Å². The molecule has 1 aromatic heterocycles. The highest BCUT2D eigenvalue weighted by molar-refractivity contribution is 5.49. The van der Waals surface area contributed by atoms with E-state index in [0.29, 0.717) is 24.1 Å². The quantitative estimate of drug-likeness (QED) is 0.793. The Bertz CT molecular complexity index is 441. The second-order valence-corrected chi connectivity index (χ2v) is 4.72. The van der Waals surface area contributed by atoms with Gasteiger partial charge in [-0.3, -0.25) is 4.79 Å². The number of anilines is 1. The Morgan fingerprint density at radius 1 is 1.50 bits per heavy atom. The lowest BCUT2D eigenvalue weighted by Gasteiger charge is -2.18. The van der Waals surface area contributed by atoms with Gasteiger partial charge in [0, 0.05) is 14.1 Å². The summed E-state index contributed by atoms with van der Waals surface area (Å²) in [6.07, 6.45) is 0. The predicted molar refractivity (Wildman–Crippen MR) is 70.2 cm³/mol. The van der Waals surface area contributed by atoms with Crippen LogP contribution in [0, 0.1) is 5.92 Å². The van der Waals surface area contributed by atoms with Gasteiger partial charge < -0.3 is 14.7 Å². The van der Waals surface area contributed by atoms with Crippen molar-refractivity contribution in [1.29, 1.82) is 0 Å². The first-order valence-corrected chi connectivity index (χ1v) is 5.98. The zero-order valence-electron chi connectivity index (χ0n) is 11.4. The summed E-state index contributed by atoms with van der Waals surface area (Å²) >= 11 is 0. The third kappa shape index (κ3) is 3.73. The van der Waals surface area contributed by atoms with Crippen LogP contribution in [-0.2, 0) is 6.54 Å². The van der Waals surface area contributed by atoms with Gasteiger partial charge in [-0.05, 0) is 5.92 Å². The maximum Gasteiger partial charge on any atom is 0.270 e. The molecular weight excluding hydrogens is 234 g/mol. The maximum atomic E-state index is 11.7. The fraction of sp³-hybridized carbons (Fsp3) is 0.667. The van der Waals surface area contributed by atoms with Crippen molar-refractivity contribution in [3.05, 3.63) is 16.4 Å². The smallest absolute Gasteiger partial charge is 0.270 e. The predicted octanol–water partition coefficient (Wildman–Crippen LogP) is 0.336. The highest BCUT2D eigenvalue weighted by Gasteiger charge is 2.12. The van der Waals surface area contributed by atoms with Crippen molar-refractivity contribution >= 4 is 5.82 Å². The minimum atomic E-state index is -0.270. The Morgan fingerprint density at radius 3 is 2.67 bits per heavy atom. The van der Waals surface area contributed by atoms with E-state index in [-0.39, 0.29) is 18.7 Å². The van der Waals surface area contributed by atoms with Crippen molar-refractivity contribution in [2.45, 2.75) is 20.4 Å². The molecule has 0 aliphatic carbocycles. The van der Waals surface area contributed by atoms with Crippen LogP contribution >= 0.6 is 0 Å². The van der Waals surface area contributed by atoms with Gasteiger partial charge in [0.25, 0.3) is 5.56 Å². The Morgan fingerprint density at radius 2 is 2.17 bits per heavy atom. The van der Waals surface area contributed by atoms with Gasteiger partial charge in [0.2, 0.25) is 0 Å². The van der Waals surface area contributed by atoms with Crippen LogP contribution < -0.4 is 15.2 Å². The van der Waals surface area contributed by atoms with Crippen molar-refractivity contribution < 1.29 is 9.84 Å². The zero-order valence-corrected chi connectivity index (χ0v) is 11.4. The van der Waals surface area contributed by atoms with Gasteiger partial charge in [0.1, 0.15) is 0 Å². The van der Waals surface area contributed by atoms with Gasteiger partial charge in [-0.25, -0.2) is 4.68 Å². The lowest BCUT2D eigenvalue weighted by Crippen LogP contribution is -2.27. The summed E-state index contributed by atoms with van der Waals surface area (Å²) in [4.78, 5) is 13.5. The first-order chi connectivity index (χ1) is 8.45. The summed E-state index contributed by atoms with van der Waals surface area (Å²) in [5, 5.41) is 13.1. The molecule has 6 nitrogen and oxygen atoms in total. The third-order valence-electron chi connectivity index (χ3n) is 2.25. The molecule has 0 saturated heterocycles. The first-order valence-electron chi connectivity index (χ1n) is 5.98. The highest BCUT2D eigenvalue weighted by Crippen LogP contribution is 2.22. The molecule has 0 aliphatic heterocycles. The van der Waals surface area contributed by atoms with E-state index in [1.807, 2.05) is 27.9 Å². The number of rotatable bonds is 6. The molecule has 0 amide bonds. The van der Waals surface area contributed by atoms with Crippen LogP contribution in [0.4, 0.5) is 5.82 Å². The topological polar surface area (TPSA) is 67.6 Å². The lowest BCUT2D eigenvalue weighted by molar-refractivity contribution is 0.258. The largest absolute Gasteiger partial charge is 0.489 e. The van der Waals surface area contributed by atoms with Gasteiger partial charge in [0.15, 0.2) is 11.6 Å². The van der Waals surface area contributed by atoms with Crippen LogP contribution in [0.3, 0.4) is 0 Å². The van der Waals surface area contributed by atoms with E-state index in [9.17, 15) is 4.79 Å². The molecule has 0 atom stereocenters. The van der Waals surface area contributed by atoms with Crippen molar-refractivity contribution in [2.24, 2.45) is 5.92 Å². The molecule has 1 N–H and O–H groups in total. The molecule has 0 aliphatic rings. The van der Waals surface area contributed by atoms with Crippen LogP contribution in [-0.4, -0.2) is 42.2 Å². The second-order valence-electron chi connectivity index (χ2n) is 4.72.